The maximum atomic E-state index is 13.2. The molecule has 0 bridgehead atoms. The Bertz CT molecular complexity index is 499. The van der Waals surface area contributed by atoms with E-state index in [-0.39, 0.29) is 5.82 Å². The van der Waals surface area contributed by atoms with E-state index < -0.39 is 0 Å². The van der Waals surface area contributed by atoms with Gasteiger partial charge in [0.05, 0.1) is 5.52 Å². The topological polar surface area (TPSA) is 37.8 Å². The summed E-state index contributed by atoms with van der Waals surface area (Å²) >= 11 is 0. The molecule has 1 heterocycles. The van der Waals surface area contributed by atoms with Crippen LogP contribution in [0.2, 0.25) is 0 Å². The van der Waals surface area contributed by atoms with Gasteiger partial charge in [-0.1, -0.05) is 6.92 Å². The van der Waals surface area contributed by atoms with Crippen LogP contribution in [-0.2, 0) is 0 Å². The fourth-order valence-electron chi connectivity index (χ4n) is 1.48. The molecule has 0 saturated carbocycles. The van der Waals surface area contributed by atoms with Gasteiger partial charge in [0, 0.05) is 11.4 Å². The van der Waals surface area contributed by atoms with Gasteiger partial charge < -0.3 is 5.32 Å². The Morgan fingerprint density at radius 2 is 2.19 bits per heavy atom. The van der Waals surface area contributed by atoms with E-state index in [1.54, 1.807) is 6.07 Å². The van der Waals surface area contributed by atoms with Crippen LogP contribution >= 0.6 is 0 Å². The second-order valence-corrected chi connectivity index (χ2v) is 3.84. The van der Waals surface area contributed by atoms with Gasteiger partial charge >= 0.3 is 0 Å². The summed E-state index contributed by atoms with van der Waals surface area (Å²) in [4.78, 5) is 8.25. The Labute approximate surface area is 93.7 Å². The Morgan fingerprint density at radius 1 is 1.38 bits per heavy atom. The summed E-state index contributed by atoms with van der Waals surface area (Å²) in [6.07, 6.45) is 2.48. The van der Waals surface area contributed by atoms with E-state index in [0.29, 0.717) is 11.9 Å². The third-order valence-corrected chi connectivity index (χ3v) is 2.59. The van der Waals surface area contributed by atoms with Crippen molar-refractivity contribution in [3.8, 4) is 0 Å². The molecule has 0 aliphatic rings. The van der Waals surface area contributed by atoms with Gasteiger partial charge in [0.2, 0.25) is 0 Å². The van der Waals surface area contributed by atoms with E-state index in [9.17, 15) is 4.39 Å². The number of fused-ring (bicyclic) bond motifs is 1. The zero-order valence-electron chi connectivity index (χ0n) is 9.37. The summed E-state index contributed by atoms with van der Waals surface area (Å²) in [6.45, 7) is 4.15. The van der Waals surface area contributed by atoms with Crippen molar-refractivity contribution in [3.05, 3.63) is 30.3 Å². The molecule has 2 aromatic rings. The molecule has 1 unspecified atom stereocenters. The molecule has 0 radical (unpaired) electrons. The minimum atomic E-state index is -0.269. The van der Waals surface area contributed by atoms with Crippen LogP contribution in [0.4, 0.5) is 10.2 Å². The lowest BCUT2D eigenvalue weighted by Gasteiger charge is -2.13. The molecule has 0 fully saturated rings. The molecule has 4 heteroatoms. The molecule has 16 heavy (non-hydrogen) atoms. The van der Waals surface area contributed by atoms with Gasteiger partial charge in [0.1, 0.15) is 18.0 Å². The molecule has 1 N–H and O–H groups in total. The quantitative estimate of drug-likeness (QED) is 0.862. The highest BCUT2D eigenvalue weighted by molar-refractivity contribution is 5.88. The van der Waals surface area contributed by atoms with Crippen LogP contribution in [0.5, 0.6) is 0 Å². The zero-order valence-corrected chi connectivity index (χ0v) is 9.37. The lowest BCUT2D eigenvalue weighted by molar-refractivity contribution is 0.629. The minimum Gasteiger partial charge on any atom is -0.367 e. The summed E-state index contributed by atoms with van der Waals surface area (Å²) < 4.78 is 13.2. The van der Waals surface area contributed by atoms with E-state index in [0.717, 1.165) is 17.3 Å². The van der Waals surface area contributed by atoms with Crippen molar-refractivity contribution < 1.29 is 4.39 Å². The zero-order chi connectivity index (χ0) is 11.5. The Kier molecular flexibility index (Phi) is 2.99. The Morgan fingerprint density at radius 3 is 2.94 bits per heavy atom. The van der Waals surface area contributed by atoms with Gasteiger partial charge in [-0.2, -0.15) is 0 Å². The number of benzene rings is 1. The first-order valence-corrected chi connectivity index (χ1v) is 5.37. The number of hydrogen-bond acceptors (Lipinski definition) is 3. The van der Waals surface area contributed by atoms with Crippen molar-refractivity contribution in [1.29, 1.82) is 0 Å². The fraction of sp³-hybridized carbons (Fsp3) is 0.333. The highest BCUT2D eigenvalue weighted by Gasteiger charge is 2.06. The highest BCUT2D eigenvalue weighted by atomic mass is 19.1. The first-order valence-electron chi connectivity index (χ1n) is 5.37. The van der Waals surface area contributed by atoms with Gasteiger partial charge in [0.25, 0.3) is 0 Å². The summed E-state index contributed by atoms with van der Waals surface area (Å²) in [7, 11) is 0. The molecule has 0 aliphatic carbocycles. The molecule has 0 aliphatic heterocycles. The number of rotatable bonds is 3. The summed E-state index contributed by atoms with van der Waals surface area (Å²) in [5, 5.41) is 3.97. The molecular weight excluding hydrogens is 205 g/mol. The molecule has 0 amide bonds. The molecule has 1 atom stereocenters. The van der Waals surface area contributed by atoms with E-state index in [1.165, 1.54) is 18.5 Å². The van der Waals surface area contributed by atoms with Crippen molar-refractivity contribution in [1.82, 2.24) is 9.97 Å². The maximum absolute atomic E-state index is 13.2. The SMILES string of the molecule is CCC(C)Nc1ncnc2ccc(F)cc12. The summed E-state index contributed by atoms with van der Waals surface area (Å²) in [5.74, 6) is 0.424. The fourth-order valence-corrected chi connectivity index (χ4v) is 1.48. The second-order valence-electron chi connectivity index (χ2n) is 3.84. The van der Waals surface area contributed by atoms with Crippen LogP contribution in [0, 0.1) is 5.82 Å². The van der Waals surface area contributed by atoms with E-state index in [2.05, 4.69) is 29.1 Å². The third-order valence-electron chi connectivity index (χ3n) is 2.59. The Balaban J connectivity index is 2.47. The van der Waals surface area contributed by atoms with Gasteiger partial charge in [-0.3, -0.25) is 0 Å². The van der Waals surface area contributed by atoms with Crippen LogP contribution < -0.4 is 5.32 Å². The predicted molar refractivity (Wildman–Crippen MR) is 62.9 cm³/mol. The van der Waals surface area contributed by atoms with Crippen LogP contribution in [0.25, 0.3) is 10.9 Å². The maximum Gasteiger partial charge on any atom is 0.137 e. The molecule has 2 rings (SSSR count). The van der Waals surface area contributed by atoms with Gasteiger partial charge in [-0.15, -0.1) is 0 Å². The molecule has 1 aromatic carbocycles. The van der Waals surface area contributed by atoms with Crippen molar-refractivity contribution in [2.75, 3.05) is 5.32 Å². The number of hydrogen-bond donors (Lipinski definition) is 1. The molecule has 0 spiro atoms. The number of nitrogens with zero attached hydrogens (tertiary/aromatic N) is 2. The summed E-state index contributed by atoms with van der Waals surface area (Å²) in [5.41, 5.74) is 0.752. The van der Waals surface area contributed by atoms with Crippen molar-refractivity contribution in [3.63, 3.8) is 0 Å². The molecule has 84 valence electrons. The predicted octanol–water partition coefficient (Wildman–Crippen LogP) is 2.98. The molecular formula is C12H14FN3. The van der Waals surface area contributed by atoms with Crippen LogP contribution in [0.3, 0.4) is 0 Å². The van der Waals surface area contributed by atoms with Crippen molar-refractivity contribution in [2.45, 2.75) is 26.3 Å². The monoisotopic (exact) mass is 219 g/mol. The smallest absolute Gasteiger partial charge is 0.137 e. The Hall–Kier alpha value is -1.71. The van der Waals surface area contributed by atoms with Crippen LogP contribution in [-0.4, -0.2) is 16.0 Å². The standard InChI is InChI=1S/C12H14FN3/c1-3-8(2)16-12-10-6-9(13)4-5-11(10)14-7-15-12/h4-8H,3H2,1-2H3,(H,14,15,16). The highest BCUT2D eigenvalue weighted by Crippen LogP contribution is 2.20. The van der Waals surface area contributed by atoms with Crippen LogP contribution in [0.1, 0.15) is 20.3 Å². The number of nitrogens with one attached hydrogen (secondary N) is 1. The van der Waals surface area contributed by atoms with Gasteiger partial charge in [-0.25, -0.2) is 14.4 Å². The van der Waals surface area contributed by atoms with E-state index in [1.807, 2.05) is 0 Å². The van der Waals surface area contributed by atoms with E-state index in [4.69, 9.17) is 0 Å². The lowest BCUT2D eigenvalue weighted by Crippen LogP contribution is -2.14. The number of aromatic nitrogens is 2. The third kappa shape index (κ3) is 2.10. The van der Waals surface area contributed by atoms with Gasteiger partial charge in [0.15, 0.2) is 0 Å². The lowest BCUT2D eigenvalue weighted by atomic mass is 10.2. The number of halogens is 1. The molecule has 3 nitrogen and oxygen atoms in total. The van der Waals surface area contributed by atoms with Crippen LogP contribution in [0.15, 0.2) is 24.5 Å². The normalized spacial score (nSPS) is 12.7. The van der Waals surface area contributed by atoms with E-state index >= 15 is 0 Å². The van der Waals surface area contributed by atoms with Crippen molar-refractivity contribution in [2.24, 2.45) is 0 Å². The average molecular weight is 219 g/mol. The number of anilines is 1. The van der Waals surface area contributed by atoms with Gasteiger partial charge in [-0.05, 0) is 31.5 Å². The van der Waals surface area contributed by atoms with Crippen molar-refractivity contribution >= 4 is 16.7 Å². The first-order chi connectivity index (χ1) is 7.70. The summed E-state index contributed by atoms with van der Waals surface area (Å²) in [6, 6.07) is 4.83. The average Bonchev–Trinajstić information content (AvgIpc) is 2.29. The largest absolute Gasteiger partial charge is 0.367 e. The first kappa shape index (κ1) is 10.8. The molecule has 1 aromatic heterocycles. The molecule has 0 saturated heterocycles. The minimum absolute atomic E-state index is 0.269. The second kappa shape index (κ2) is 4.43.